The van der Waals surface area contributed by atoms with Crippen LogP contribution in [-0.2, 0) is 16.0 Å². The Kier molecular flexibility index (Phi) is 7.19. The molecule has 2 N–H and O–H groups in total. The summed E-state index contributed by atoms with van der Waals surface area (Å²) in [5, 5.41) is 0. The van der Waals surface area contributed by atoms with Gasteiger partial charge in [-0.2, -0.15) is 0 Å². The molecule has 0 heterocycles. The smallest absolute Gasteiger partial charge is 0.340 e. The molecule has 0 aliphatic rings. The third-order valence-electron chi connectivity index (χ3n) is 3.74. The van der Waals surface area contributed by atoms with Gasteiger partial charge in [-0.05, 0) is 25.0 Å². The van der Waals surface area contributed by atoms with Crippen LogP contribution in [0.15, 0.2) is 18.2 Å². The number of hydrogen-bond donors (Lipinski definition) is 1. The van der Waals surface area contributed by atoms with Crippen molar-refractivity contribution in [1.82, 2.24) is 4.90 Å². The second kappa shape index (κ2) is 8.64. The van der Waals surface area contributed by atoms with Gasteiger partial charge in [-0.15, -0.1) is 0 Å². The lowest BCUT2D eigenvalue weighted by molar-refractivity contribution is 0.0597. The average molecular weight is 294 g/mol. The Hall–Kier alpha value is -1.59. The van der Waals surface area contributed by atoms with Crippen LogP contribution in [0.25, 0.3) is 0 Å². The average Bonchev–Trinajstić information content (AvgIpc) is 2.50. The molecule has 1 unspecified atom stereocenters. The van der Waals surface area contributed by atoms with Gasteiger partial charge in [0.25, 0.3) is 0 Å². The number of carbonyl (C=O) groups excluding carboxylic acids is 1. The van der Waals surface area contributed by atoms with E-state index in [9.17, 15) is 4.79 Å². The van der Waals surface area contributed by atoms with Gasteiger partial charge in [-0.3, -0.25) is 4.90 Å². The van der Waals surface area contributed by atoms with Crippen LogP contribution < -0.4 is 5.73 Å². The van der Waals surface area contributed by atoms with Gasteiger partial charge >= 0.3 is 5.97 Å². The minimum absolute atomic E-state index is 0.390. The predicted octanol–water partition coefficient (Wildman–Crippen LogP) is 2.30. The molecule has 1 aromatic rings. The van der Waals surface area contributed by atoms with Crippen LogP contribution >= 0.6 is 0 Å². The summed E-state index contributed by atoms with van der Waals surface area (Å²) in [6.07, 6.45) is 1.03. The fourth-order valence-corrected chi connectivity index (χ4v) is 2.24. The number of ether oxygens (including phenoxy) is 2. The van der Waals surface area contributed by atoms with Crippen molar-refractivity contribution in [3.05, 3.63) is 29.3 Å². The van der Waals surface area contributed by atoms with Gasteiger partial charge in [-0.1, -0.05) is 19.1 Å². The van der Waals surface area contributed by atoms with Gasteiger partial charge in [0, 0.05) is 31.9 Å². The molecule has 0 saturated carbocycles. The first kappa shape index (κ1) is 17.5. The van der Waals surface area contributed by atoms with Gasteiger partial charge in [-0.25, -0.2) is 4.79 Å². The van der Waals surface area contributed by atoms with Crippen LogP contribution in [0.3, 0.4) is 0 Å². The molecule has 118 valence electrons. The summed E-state index contributed by atoms with van der Waals surface area (Å²) in [4.78, 5) is 14.2. The molecule has 1 aromatic carbocycles. The Balaban J connectivity index is 3.02. The van der Waals surface area contributed by atoms with Gasteiger partial charge in [0.15, 0.2) is 0 Å². The maximum atomic E-state index is 11.9. The molecule has 0 aliphatic heterocycles. The Morgan fingerprint density at radius 2 is 2.10 bits per heavy atom. The highest BCUT2D eigenvalue weighted by Gasteiger charge is 2.19. The van der Waals surface area contributed by atoms with E-state index >= 15 is 0 Å². The first-order valence-electron chi connectivity index (χ1n) is 7.23. The van der Waals surface area contributed by atoms with Crippen molar-refractivity contribution in [1.29, 1.82) is 0 Å². The number of rotatable bonds is 8. The third-order valence-corrected chi connectivity index (χ3v) is 3.74. The van der Waals surface area contributed by atoms with Crippen molar-refractivity contribution in [2.45, 2.75) is 32.9 Å². The molecule has 21 heavy (non-hydrogen) atoms. The van der Waals surface area contributed by atoms with Gasteiger partial charge in [0.05, 0.1) is 19.3 Å². The second-order valence-electron chi connectivity index (χ2n) is 5.09. The molecule has 0 aliphatic carbocycles. The van der Waals surface area contributed by atoms with Crippen LogP contribution in [0.4, 0.5) is 5.69 Å². The molecule has 0 spiro atoms. The fraction of sp³-hybridized carbons (Fsp3) is 0.562. The monoisotopic (exact) mass is 294 g/mol. The highest BCUT2D eigenvalue weighted by Crippen LogP contribution is 2.21. The quantitative estimate of drug-likeness (QED) is 0.589. The van der Waals surface area contributed by atoms with Crippen LogP contribution in [0.5, 0.6) is 0 Å². The van der Waals surface area contributed by atoms with Crippen molar-refractivity contribution < 1.29 is 14.3 Å². The number of benzene rings is 1. The van der Waals surface area contributed by atoms with E-state index in [1.165, 1.54) is 7.11 Å². The number of anilines is 1. The molecule has 0 fully saturated rings. The molecular formula is C16H26N2O3. The first-order valence-corrected chi connectivity index (χ1v) is 7.23. The molecule has 5 nitrogen and oxygen atoms in total. The highest BCUT2D eigenvalue weighted by atomic mass is 16.5. The summed E-state index contributed by atoms with van der Waals surface area (Å²) in [5.74, 6) is -0.390. The number of nitrogen functional groups attached to an aromatic ring is 1. The first-order chi connectivity index (χ1) is 10.0. The van der Waals surface area contributed by atoms with E-state index < -0.39 is 0 Å². The maximum absolute atomic E-state index is 11.9. The minimum Gasteiger partial charge on any atom is -0.465 e. The Labute approximate surface area is 127 Å². The summed E-state index contributed by atoms with van der Waals surface area (Å²) in [6.45, 7) is 6.42. The van der Waals surface area contributed by atoms with Crippen molar-refractivity contribution in [2.75, 3.05) is 33.1 Å². The zero-order valence-electron chi connectivity index (χ0n) is 13.4. The van der Waals surface area contributed by atoms with Crippen molar-refractivity contribution in [3.8, 4) is 0 Å². The van der Waals surface area contributed by atoms with E-state index in [1.807, 2.05) is 12.1 Å². The molecule has 1 rings (SSSR count). The number of carbonyl (C=O) groups is 1. The summed E-state index contributed by atoms with van der Waals surface area (Å²) in [5.41, 5.74) is 7.74. The molecule has 5 heteroatoms. The Morgan fingerprint density at radius 1 is 1.38 bits per heavy atom. The summed E-state index contributed by atoms with van der Waals surface area (Å²) in [7, 11) is 3.06. The Bertz CT molecular complexity index is 463. The SMILES string of the molecule is CCC(C)N(CCOC)Cc1cccc(N)c1C(=O)OC. The van der Waals surface area contributed by atoms with Crippen LogP contribution in [0, 0.1) is 0 Å². The number of nitrogens with zero attached hydrogens (tertiary/aromatic N) is 1. The number of esters is 1. The predicted molar refractivity (Wildman–Crippen MR) is 84.2 cm³/mol. The van der Waals surface area contributed by atoms with Gasteiger partial charge in [0.2, 0.25) is 0 Å². The van der Waals surface area contributed by atoms with Crippen LogP contribution in [0.2, 0.25) is 0 Å². The normalized spacial score (nSPS) is 12.4. The van der Waals surface area contributed by atoms with Crippen molar-refractivity contribution >= 4 is 11.7 Å². The zero-order valence-corrected chi connectivity index (χ0v) is 13.4. The minimum atomic E-state index is -0.390. The van der Waals surface area contributed by atoms with Crippen LogP contribution in [-0.4, -0.2) is 44.3 Å². The van der Waals surface area contributed by atoms with E-state index in [2.05, 4.69) is 18.7 Å². The summed E-state index contributed by atoms with van der Waals surface area (Å²) in [6, 6.07) is 5.90. The second-order valence-corrected chi connectivity index (χ2v) is 5.09. The standard InChI is InChI=1S/C16H26N2O3/c1-5-12(2)18(9-10-20-3)11-13-7-6-8-14(17)15(13)16(19)21-4/h6-8,12H,5,9-11,17H2,1-4H3. The topological polar surface area (TPSA) is 64.8 Å². The van der Waals surface area contributed by atoms with Crippen molar-refractivity contribution in [2.24, 2.45) is 0 Å². The molecule has 0 amide bonds. The molecular weight excluding hydrogens is 268 g/mol. The lowest BCUT2D eigenvalue weighted by Gasteiger charge is -2.29. The lowest BCUT2D eigenvalue weighted by atomic mass is 10.0. The molecule has 0 bridgehead atoms. The number of nitrogens with two attached hydrogens (primary N) is 1. The number of hydrogen-bond acceptors (Lipinski definition) is 5. The van der Waals surface area contributed by atoms with E-state index in [-0.39, 0.29) is 5.97 Å². The Morgan fingerprint density at radius 3 is 2.67 bits per heavy atom. The lowest BCUT2D eigenvalue weighted by Crippen LogP contribution is -2.35. The third kappa shape index (κ3) is 4.72. The summed E-state index contributed by atoms with van der Waals surface area (Å²) >= 11 is 0. The van der Waals surface area contributed by atoms with Gasteiger partial charge < -0.3 is 15.2 Å². The number of methoxy groups -OCH3 is 2. The van der Waals surface area contributed by atoms with E-state index in [0.29, 0.717) is 30.4 Å². The van der Waals surface area contributed by atoms with E-state index in [4.69, 9.17) is 15.2 Å². The van der Waals surface area contributed by atoms with Crippen molar-refractivity contribution in [3.63, 3.8) is 0 Å². The molecule has 0 aromatic heterocycles. The van der Waals surface area contributed by atoms with E-state index in [0.717, 1.165) is 18.5 Å². The molecule has 0 radical (unpaired) electrons. The van der Waals surface area contributed by atoms with Gasteiger partial charge in [0.1, 0.15) is 0 Å². The largest absolute Gasteiger partial charge is 0.465 e. The highest BCUT2D eigenvalue weighted by molar-refractivity contribution is 5.96. The molecule has 0 saturated heterocycles. The summed E-state index contributed by atoms with van der Waals surface area (Å²) < 4.78 is 10.0. The fourth-order valence-electron chi connectivity index (χ4n) is 2.24. The van der Waals surface area contributed by atoms with Crippen LogP contribution in [0.1, 0.15) is 36.2 Å². The van der Waals surface area contributed by atoms with E-state index in [1.54, 1.807) is 13.2 Å². The molecule has 1 atom stereocenters. The maximum Gasteiger partial charge on any atom is 0.340 e. The zero-order chi connectivity index (χ0) is 15.8.